The number of imide groups is 1. The zero-order valence-corrected chi connectivity index (χ0v) is 17.1. The van der Waals surface area contributed by atoms with Crippen LogP contribution in [0.1, 0.15) is 17.5 Å². The highest BCUT2D eigenvalue weighted by Crippen LogP contribution is 2.20. The Balaban J connectivity index is 1.32. The van der Waals surface area contributed by atoms with Gasteiger partial charge in [0.25, 0.3) is 5.91 Å². The minimum Gasteiger partial charge on any atom is -0.326 e. The van der Waals surface area contributed by atoms with Crippen molar-refractivity contribution >= 4 is 35.1 Å². The first-order chi connectivity index (χ1) is 15.0. The molecule has 1 aromatic heterocycles. The third kappa shape index (κ3) is 4.89. The number of anilines is 1. The Morgan fingerprint density at radius 1 is 1.10 bits per heavy atom. The molecule has 2 N–H and O–H groups in total. The highest BCUT2D eigenvalue weighted by atomic mass is 35.5. The zero-order valence-electron chi connectivity index (χ0n) is 16.4. The molecule has 1 aliphatic rings. The number of amides is 4. The number of nitrogens with zero attached hydrogens (tertiary/aromatic N) is 4. The van der Waals surface area contributed by atoms with Crippen molar-refractivity contribution in [3.05, 3.63) is 77.3 Å². The second-order valence-electron chi connectivity index (χ2n) is 7.06. The number of nitrogens with one attached hydrogen (secondary N) is 2. The molecule has 0 saturated carbocycles. The molecular weight excluding hydrogens is 420 g/mol. The van der Waals surface area contributed by atoms with Crippen molar-refractivity contribution in [2.24, 2.45) is 0 Å². The Labute approximate surface area is 183 Å². The molecule has 0 spiro atoms. The molecule has 1 saturated heterocycles. The van der Waals surface area contributed by atoms with Crippen LogP contribution >= 0.6 is 11.6 Å². The van der Waals surface area contributed by atoms with E-state index < -0.39 is 18.0 Å². The van der Waals surface area contributed by atoms with Crippen LogP contribution in [0.25, 0.3) is 0 Å². The normalized spacial score (nSPS) is 15.8. The average molecular weight is 439 g/mol. The topological polar surface area (TPSA) is 109 Å². The van der Waals surface area contributed by atoms with Gasteiger partial charge in [-0.2, -0.15) is 5.10 Å². The second kappa shape index (κ2) is 8.97. The molecule has 4 rings (SSSR count). The first-order valence-electron chi connectivity index (χ1n) is 9.56. The minimum atomic E-state index is -0.915. The minimum absolute atomic E-state index is 0.0513. The van der Waals surface area contributed by atoms with Gasteiger partial charge in [-0.25, -0.2) is 14.5 Å². The second-order valence-corrected chi connectivity index (χ2v) is 7.47. The Kier molecular flexibility index (Phi) is 5.94. The van der Waals surface area contributed by atoms with Crippen LogP contribution in [0.5, 0.6) is 0 Å². The summed E-state index contributed by atoms with van der Waals surface area (Å²) in [6.07, 6.45) is 2.93. The number of aromatic nitrogens is 3. The van der Waals surface area contributed by atoms with Gasteiger partial charge < -0.3 is 10.6 Å². The average Bonchev–Trinajstić information content (AvgIpc) is 3.35. The third-order valence-electron chi connectivity index (χ3n) is 4.83. The number of benzene rings is 2. The molecule has 31 heavy (non-hydrogen) atoms. The zero-order chi connectivity index (χ0) is 21.8. The summed E-state index contributed by atoms with van der Waals surface area (Å²) in [4.78, 5) is 42.2. The largest absolute Gasteiger partial charge is 0.326 e. The molecule has 1 unspecified atom stereocenters. The molecule has 1 aliphatic heterocycles. The van der Waals surface area contributed by atoms with Gasteiger partial charge >= 0.3 is 6.03 Å². The lowest BCUT2D eigenvalue weighted by Crippen LogP contribution is -2.34. The summed E-state index contributed by atoms with van der Waals surface area (Å²) in [5.41, 5.74) is 2.25. The van der Waals surface area contributed by atoms with Gasteiger partial charge in [0.2, 0.25) is 5.91 Å². The van der Waals surface area contributed by atoms with E-state index in [0.717, 1.165) is 10.5 Å². The van der Waals surface area contributed by atoms with Crippen LogP contribution in [-0.4, -0.2) is 43.6 Å². The number of hydrogen-bond acceptors (Lipinski definition) is 5. The van der Waals surface area contributed by atoms with E-state index in [1.165, 1.54) is 6.33 Å². The van der Waals surface area contributed by atoms with Crippen LogP contribution in [-0.2, 0) is 22.7 Å². The lowest BCUT2D eigenvalue weighted by Gasteiger charge is -2.14. The van der Waals surface area contributed by atoms with Crippen LogP contribution in [0.15, 0.2) is 61.2 Å². The van der Waals surface area contributed by atoms with E-state index in [2.05, 4.69) is 20.7 Å². The number of rotatable bonds is 7. The highest BCUT2D eigenvalue weighted by molar-refractivity contribution is 6.31. The first-order valence-corrected chi connectivity index (χ1v) is 9.94. The molecule has 0 bridgehead atoms. The molecule has 1 atom stereocenters. The molecule has 2 heterocycles. The van der Waals surface area contributed by atoms with Crippen LogP contribution < -0.4 is 10.6 Å². The quantitative estimate of drug-likeness (QED) is 0.550. The van der Waals surface area contributed by atoms with E-state index in [-0.39, 0.29) is 18.9 Å². The predicted octanol–water partition coefficient (Wildman–Crippen LogP) is 2.43. The number of carbonyl (C=O) groups excluding carboxylic acids is 3. The van der Waals surface area contributed by atoms with Gasteiger partial charge in [0.05, 0.1) is 19.5 Å². The van der Waals surface area contributed by atoms with Gasteiger partial charge in [-0.15, -0.1) is 0 Å². The molecule has 3 aromatic rings. The van der Waals surface area contributed by atoms with E-state index in [1.807, 2.05) is 12.1 Å². The van der Waals surface area contributed by atoms with Gasteiger partial charge in [-0.05, 0) is 29.3 Å². The maximum absolute atomic E-state index is 12.6. The molecule has 0 aliphatic carbocycles. The number of carbonyl (C=O) groups is 3. The third-order valence-corrected chi connectivity index (χ3v) is 5.20. The predicted molar refractivity (Wildman–Crippen MR) is 113 cm³/mol. The monoisotopic (exact) mass is 438 g/mol. The van der Waals surface area contributed by atoms with Crippen molar-refractivity contribution in [2.45, 2.75) is 25.6 Å². The maximum atomic E-state index is 12.6. The Hall–Kier alpha value is -3.72. The lowest BCUT2D eigenvalue weighted by molar-refractivity contribution is -0.130. The molecule has 2 aromatic carbocycles. The standard InChI is InChI=1S/C21H19ClN6O3/c22-17-4-2-1-3-15(17)11-28-20(30)18(26-21(28)31)9-19(29)25-16-7-5-14(6-8-16)10-27-13-23-12-24-27/h1-8,12-13,18H,9-11H2,(H,25,29)(H,26,31). The Bertz CT molecular complexity index is 1100. The molecule has 10 heteroatoms. The van der Waals surface area contributed by atoms with Crippen molar-refractivity contribution in [1.29, 1.82) is 0 Å². The summed E-state index contributed by atoms with van der Waals surface area (Å²) in [6.45, 7) is 0.619. The van der Waals surface area contributed by atoms with Gasteiger partial charge in [0, 0.05) is 10.7 Å². The lowest BCUT2D eigenvalue weighted by atomic mass is 10.1. The summed E-state index contributed by atoms with van der Waals surface area (Å²) in [6, 6.07) is 12.8. The smallest absolute Gasteiger partial charge is 0.325 e. The Morgan fingerprint density at radius 2 is 1.87 bits per heavy atom. The van der Waals surface area contributed by atoms with Crippen LogP contribution in [0.4, 0.5) is 10.5 Å². The maximum Gasteiger partial charge on any atom is 0.325 e. The van der Waals surface area contributed by atoms with Gasteiger partial charge in [-0.1, -0.05) is 41.9 Å². The van der Waals surface area contributed by atoms with E-state index in [9.17, 15) is 14.4 Å². The fourth-order valence-electron chi connectivity index (χ4n) is 3.25. The fourth-order valence-corrected chi connectivity index (χ4v) is 3.45. The SMILES string of the molecule is O=C(CC1NC(=O)N(Cc2ccccc2Cl)C1=O)Nc1ccc(Cn2cncn2)cc1. The highest BCUT2D eigenvalue weighted by Gasteiger charge is 2.39. The summed E-state index contributed by atoms with van der Waals surface area (Å²) >= 11 is 6.12. The molecule has 4 amide bonds. The number of hydrogen-bond donors (Lipinski definition) is 2. The van der Waals surface area contributed by atoms with Crippen LogP contribution in [0.3, 0.4) is 0 Å². The van der Waals surface area contributed by atoms with Crippen molar-refractivity contribution in [1.82, 2.24) is 25.0 Å². The summed E-state index contributed by atoms with van der Waals surface area (Å²) in [5.74, 6) is -0.828. The fraction of sp³-hybridized carbons (Fsp3) is 0.190. The molecular formula is C21H19ClN6O3. The summed E-state index contributed by atoms with van der Waals surface area (Å²) in [5, 5.41) is 9.83. The Morgan fingerprint density at radius 3 is 2.58 bits per heavy atom. The summed E-state index contributed by atoms with van der Waals surface area (Å²) < 4.78 is 1.69. The van der Waals surface area contributed by atoms with Crippen molar-refractivity contribution < 1.29 is 14.4 Å². The van der Waals surface area contributed by atoms with Gasteiger partial charge in [0.15, 0.2) is 0 Å². The van der Waals surface area contributed by atoms with E-state index in [4.69, 9.17) is 11.6 Å². The molecule has 158 valence electrons. The summed E-state index contributed by atoms with van der Waals surface area (Å²) in [7, 11) is 0. The van der Waals surface area contributed by atoms with Gasteiger partial charge in [0.1, 0.15) is 18.7 Å². The number of halogens is 1. The van der Waals surface area contributed by atoms with Crippen molar-refractivity contribution in [2.75, 3.05) is 5.32 Å². The molecule has 9 nitrogen and oxygen atoms in total. The first kappa shape index (κ1) is 20.5. The number of urea groups is 1. The van der Waals surface area contributed by atoms with E-state index >= 15 is 0 Å². The molecule has 0 radical (unpaired) electrons. The van der Waals surface area contributed by atoms with Crippen LogP contribution in [0, 0.1) is 0 Å². The van der Waals surface area contributed by atoms with Crippen molar-refractivity contribution in [3.8, 4) is 0 Å². The van der Waals surface area contributed by atoms with Crippen molar-refractivity contribution in [3.63, 3.8) is 0 Å². The van der Waals surface area contributed by atoms with Gasteiger partial charge in [-0.3, -0.25) is 14.5 Å². The van der Waals surface area contributed by atoms with E-state index in [0.29, 0.717) is 22.8 Å². The van der Waals surface area contributed by atoms with E-state index in [1.54, 1.807) is 47.4 Å². The van der Waals surface area contributed by atoms with Crippen LogP contribution in [0.2, 0.25) is 5.02 Å². The molecule has 1 fully saturated rings.